The van der Waals surface area contributed by atoms with E-state index in [1.54, 1.807) is 0 Å². The molecule has 0 aromatic rings. The van der Waals surface area contributed by atoms with Gasteiger partial charge in [-0.1, -0.05) is 12.2 Å². The summed E-state index contributed by atoms with van der Waals surface area (Å²) in [5.41, 5.74) is 5.76. The van der Waals surface area contributed by atoms with Gasteiger partial charge < -0.3 is 10.5 Å². The molecule has 0 radical (unpaired) electrons. The average molecular weight is 168 g/mol. The first kappa shape index (κ1) is 9.26. The van der Waals surface area contributed by atoms with E-state index in [0.29, 0.717) is 19.8 Å². The molecular formula is C9H16N2O. The van der Waals surface area contributed by atoms with Gasteiger partial charge in [-0.05, 0) is 13.3 Å². The van der Waals surface area contributed by atoms with Crippen LogP contribution in [0.4, 0.5) is 0 Å². The lowest BCUT2D eigenvalue weighted by Crippen LogP contribution is -2.25. The van der Waals surface area contributed by atoms with Gasteiger partial charge in [0, 0.05) is 5.92 Å². The van der Waals surface area contributed by atoms with Crippen LogP contribution in [0.1, 0.15) is 13.3 Å². The van der Waals surface area contributed by atoms with Crippen LogP contribution in [-0.4, -0.2) is 25.6 Å². The molecule has 0 aromatic carbocycles. The van der Waals surface area contributed by atoms with Gasteiger partial charge >= 0.3 is 0 Å². The molecule has 1 unspecified atom stereocenters. The zero-order valence-corrected chi connectivity index (χ0v) is 7.49. The number of nitrogens with zero attached hydrogens (tertiary/aromatic N) is 1. The van der Waals surface area contributed by atoms with Crippen molar-refractivity contribution in [3.8, 4) is 0 Å². The van der Waals surface area contributed by atoms with Crippen LogP contribution in [0.25, 0.3) is 0 Å². The number of hydrogen-bond donors (Lipinski definition) is 1. The lowest BCUT2D eigenvalue weighted by atomic mass is 10.1. The summed E-state index contributed by atoms with van der Waals surface area (Å²) < 4.78 is 5.35. The highest BCUT2D eigenvalue weighted by Gasteiger charge is 2.13. The fraction of sp³-hybridized carbons (Fsp3) is 0.667. The third-order valence-corrected chi connectivity index (χ3v) is 1.92. The van der Waals surface area contributed by atoms with E-state index in [2.05, 4.69) is 11.1 Å². The van der Waals surface area contributed by atoms with Crippen molar-refractivity contribution in [2.24, 2.45) is 16.6 Å². The van der Waals surface area contributed by atoms with E-state index >= 15 is 0 Å². The lowest BCUT2D eigenvalue weighted by molar-refractivity contribution is 0.130. The van der Waals surface area contributed by atoms with Gasteiger partial charge in [0.25, 0.3) is 0 Å². The average Bonchev–Trinajstić information content (AvgIpc) is 2.27. The Labute approximate surface area is 73.3 Å². The molecule has 0 saturated heterocycles. The van der Waals surface area contributed by atoms with Gasteiger partial charge in [-0.25, -0.2) is 0 Å². The van der Waals surface area contributed by atoms with Crippen LogP contribution in [0.2, 0.25) is 0 Å². The van der Waals surface area contributed by atoms with Crippen LogP contribution in [0.5, 0.6) is 0 Å². The van der Waals surface area contributed by atoms with Gasteiger partial charge in [0.05, 0.1) is 25.6 Å². The molecule has 12 heavy (non-hydrogen) atoms. The van der Waals surface area contributed by atoms with Crippen LogP contribution in [0.3, 0.4) is 0 Å². The van der Waals surface area contributed by atoms with Crippen molar-refractivity contribution < 1.29 is 4.74 Å². The minimum Gasteiger partial charge on any atom is -0.387 e. The molecule has 0 bridgehead atoms. The molecule has 3 nitrogen and oxygen atoms in total. The molecule has 1 aliphatic rings. The minimum absolute atomic E-state index is 0.281. The van der Waals surface area contributed by atoms with E-state index in [1.165, 1.54) is 0 Å². The molecule has 3 heteroatoms. The fourth-order valence-corrected chi connectivity index (χ4v) is 1.17. The van der Waals surface area contributed by atoms with Crippen LogP contribution in [-0.2, 0) is 4.74 Å². The van der Waals surface area contributed by atoms with Crippen molar-refractivity contribution in [1.29, 1.82) is 0 Å². The van der Waals surface area contributed by atoms with Gasteiger partial charge in [0.15, 0.2) is 0 Å². The van der Waals surface area contributed by atoms with Crippen molar-refractivity contribution in [2.75, 3.05) is 19.8 Å². The predicted molar refractivity (Wildman–Crippen MR) is 50.2 cm³/mol. The molecule has 2 N–H and O–H groups in total. The zero-order valence-electron chi connectivity index (χ0n) is 7.49. The van der Waals surface area contributed by atoms with E-state index in [-0.39, 0.29) is 5.92 Å². The maximum absolute atomic E-state index is 5.76. The van der Waals surface area contributed by atoms with Crippen LogP contribution < -0.4 is 5.73 Å². The molecule has 0 fully saturated rings. The summed E-state index contributed by atoms with van der Waals surface area (Å²) in [5.74, 6) is 1.02. The number of ether oxygens (including phenoxy) is 1. The summed E-state index contributed by atoms with van der Waals surface area (Å²) in [6, 6.07) is 0. The Hall–Kier alpha value is -0.830. The first-order valence-corrected chi connectivity index (χ1v) is 4.33. The number of amidine groups is 1. The SMILES string of the molecule is CC=CCC1COCCN=C1N. The lowest BCUT2D eigenvalue weighted by Gasteiger charge is -2.10. The molecule has 0 spiro atoms. The minimum atomic E-state index is 0.281. The second-order valence-corrected chi connectivity index (χ2v) is 2.88. The monoisotopic (exact) mass is 168 g/mol. The van der Waals surface area contributed by atoms with Crippen molar-refractivity contribution in [2.45, 2.75) is 13.3 Å². The van der Waals surface area contributed by atoms with Gasteiger partial charge in [-0.3, -0.25) is 4.99 Å². The van der Waals surface area contributed by atoms with E-state index in [0.717, 1.165) is 12.3 Å². The molecule has 0 amide bonds. The topological polar surface area (TPSA) is 47.6 Å². The van der Waals surface area contributed by atoms with Gasteiger partial charge in [-0.2, -0.15) is 0 Å². The molecule has 0 aromatic heterocycles. The highest BCUT2D eigenvalue weighted by Crippen LogP contribution is 2.08. The highest BCUT2D eigenvalue weighted by atomic mass is 16.5. The largest absolute Gasteiger partial charge is 0.387 e. The number of nitrogens with two attached hydrogens (primary N) is 1. The Balaban J connectivity index is 2.48. The van der Waals surface area contributed by atoms with E-state index < -0.39 is 0 Å². The Morgan fingerprint density at radius 2 is 2.58 bits per heavy atom. The van der Waals surface area contributed by atoms with E-state index in [1.807, 2.05) is 13.0 Å². The van der Waals surface area contributed by atoms with E-state index in [4.69, 9.17) is 10.5 Å². The van der Waals surface area contributed by atoms with Crippen molar-refractivity contribution >= 4 is 5.84 Å². The predicted octanol–water partition coefficient (Wildman–Crippen LogP) is 0.956. The normalized spacial score (nSPS) is 25.4. The quantitative estimate of drug-likeness (QED) is 0.624. The number of allylic oxidation sites excluding steroid dienone is 2. The van der Waals surface area contributed by atoms with Crippen LogP contribution >= 0.6 is 0 Å². The Bertz CT molecular complexity index is 187. The van der Waals surface area contributed by atoms with Crippen LogP contribution in [0.15, 0.2) is 17.1 Å². The zero-order chi connectivity index (χ0) is 8.81. The number of rotatable bonds is 2. The van der Waals surface area contributed by atoms with Gasteiger partial charge in [0.2, 0.25) is 0 Å². The maximum Gasteiger partial charge on any atom is 0.0995 e. The fourth-order valence-electron chi connectivity index (χ4n) is 1.17. The Morgan fingerprint density at radius 3 is 3.33 bits per heavy atom. The van der Waals surface area contributed by atoms with Crippen molar-refractivity contribution in [1.82, 2.24) is 0 Å². The second-order valence-electron chi connectivity index (χ2n) is 2.88. The third kappa shape index (κ3) is 2.66. The number of hydrogen-bond acceptors (Lipinski definition) is 3. The molecule has 0 aliphatic carbocycles. The molecule has 1 aliphatic heterocycles. The summed E-state index contributed by atoms with van der Waals surface area (Å²) in [6.45, 7) is 4.12. The first-order chi connectivity index (χ1) is 5.84. The molecule has 1 rings (SSSR count). The van der Waals surface area contributed by atoms with Crippen LogP contribution in [0, 0.1) is 5.92 Å². The smallest absolute Gasteiger partial charge is 0.0995 e. The standard InChI is InChI=1S/C9H16N2O/c1-2-3-4-8-7-12-6-5-11-9(8)10/h2-3,8H,4-7H2,1H3,(H2,10,11). The molecule has 1 atom stereocenters. The summed E-state index contributed by atoms with van der Waals surface area (Å²) in [6.07, 6.45) is 5.06. The molecule has 68 valence electrons. The van der Waals surface area contributed by atoms with Gasteiger partial charge in [0.1, 0.15) is 0 Å². The summed E-state index contributed by atoms with van der Waals surface area (Å²) in [7, 11) is 0. The Morgan fingerprint density at radius 1 is 1.75 bits per heavy atom. The highest BCUT2D eigenvalue weighted by molar-refractivity contribution is 5.83. The molecule has 1 heterocycles. The van der Waals surface area contributed by atoms with Crippen molar-refractivity contribution in [3.05, 3.63) is 12.2 Å². The summed E-state index contributed by atoms with van der Waals surface area (Å²) >= 11 is 0. The molecule has 0 saturated carbocycles. The molecular weight excluding hydrogens is 152 g/mol. The summed E-state index contributed by atoms with van der Waals surface area (Å²) in [4.78, 5) is 4.19. The first-order valence-electron chi connectivity index (χ1n) is 4.33. The number of aliphatic imine (C=N–C) groups is 1. The second kappa shape index (κ2) is 4.93. The summed E-state index contributed by atoms with van der Waals surface area (Å²) in [5, 5.41) is 0. The maximum atomic E-state index is 5.76. The third-order valence-electron chi connectivity index (χ3n) is 1.92. The van der Waals surface area contributed by atoms with E-state index in [9.17, 15) is 0 Å². The Kier molecular flexibility index (Phi) is 3.80. The van der Waals surface area contributed by atoms with Gasteiger partial charge in [-0.15, -0.1) is 0 Å². The van der Waals surface area contributed by atoms with Crippen molar-refractivity contribution in [3.63, 3.8) is 0 Å².